The summed E-state index contributed by atoms with van der Waals surface area (Å²) in [4.78, 5) is -0.0189. The number of hydrogen-bond donors (Lipinski definition) is 2. The van der Waals surface area contributed by atoms with E-state index in [0.29, 0.717) is 31.3 Å². The smallest absolute Gasteiger partial charge is 0.241 e. The fourth-order valence-electron chi connectivity index (χ4n) is 2.87. The van der Waals surface area contributed by atoms with Crippen molar-refractivity contribution in [1.82, 2.24) is 5.32 Å². The maximum Gasteiger partial charge on any atom is 0.241 e. The first-order valence-electron chi connectivity index (χ1n) is 9.19. The SMILES string of the molecule is CCOc1ccccc1OCCN[C@H](CC)c1ccc(OC)c(S(N)(=O)=O)c1.Cl. The molecule has 0 radical (unpaired) electrons. The van der Waals surface area contributed by atoms with E-state index < -0.39 is 10.0 Å². The van der Waals surface area contributed by atoms with Crippen LogP contribution in [0.25, 0.3) is 0 Å². The Kier molecular flexibility index (Phi) is 10.2. The number of para-hydroxylation sites is 2. The van der Waals surface area contributed by atoms with Crippen LogP contribution in [0.1, 0.15) is 31.9 Å². The third kappa shape index (κ3) is 7.08. The minimum atomic E-state index is -3.87. The Bertz CT molecular complexity index is 877. The standard InChI is InChI=1S/C20H28N2O5S.ClH/c1-4-16(15-10-11-19(25-3)20(14-15)28(21,23)24)22-12-13-27-18-9-7-6-8-17(18)26-5-2;/h6-11,14,16,22H,4-5,12-13H2,1-3H3,(H2,21,23,24);1H/t16-;/m1./s1. The van der Waals surface area contributed by atoms with E-state index in [0.717, 1.165) is 12.0 Å². The minimum Gasteiger partial charge on any atom is -0.495 e. The third-order valence-electron chi connectivity index (χ3n) is 4.20. The van der Waals surface area contributed by atoms with E-state index in [2.05, 4.69) is 5.32 Å². The highest BCUT2D eigenvalue weighted by atomic mass is 35.5. The number of primary sulfonamides is 1. The number of ether oxygens (including phenoxy) is 3. The van der Waals surface area contributed by atoms with Gasteiger partial charge in [0.1, 0.15) is 17.3 Å². The Morgan fingerprint density at radius 1 is 1.03 bits per heavy atom. The molecular formula is C20H29ClN2O5S. The van der Waals surface area contributed by atoms with E-state index in [-0.39, 0.29) is 29.1 Å². The molecule has 0 aromatic heterocycles. The van der Waals surface area contributed by atoms with E-state index >= 15 is 0 Å². The lowest BCUT2D eigenvalue weighted by atomic mass is 10.0. The number of benzene rings is 2. The topological polar surface area (TPSA) is 99.9 Å². The molecule has 162 valence electrons. The quantitative estimate of drug-likeness (QED) is 0.516. The zero-order valence-electron chi connectivity index (χ0n) is 16.9. The molecule has 2 rings (SSSR count). The maximum absolute atomic E-state index is 11.8. The molecule has 2 aromatic rings. The van der Waals surface area contributed by atoms with Gasteiger partial charge in [0.2, 0.25) is 10.0 Å². The maximum atomic E-state index is 11.8. The molecule has 0 saturated heterocycles. The van der Waals surface area contributed by atoms with E-state index in [1.807, 2.05) is 44.2 Å². The van der Waals surface area contributed by atoms with E-state index in [1.54, 1.807) is 12.1 Å². The van der Waals surface area contributed by atoms with Crippen LogP contribution in [0.4, 0.5) is 0 Å². The van der Waals surface area contributed by atoms with E-state index in [1.165, 1.54) is 7.11 Å². The average molecular weight is 445 g/mol. The van der Waals surface area contributed by atoms with Crippen molar-refractivity contribution in [2.24, 2.45) is 5.14 Å². The van der Waals surface area contributed by atoms with Gasteiger partial charge in [0.05, 0.1) is 13.7 Å². The molecule has 0 saturated carbocycles. The van der Waals surface area contributed by atoms with Gasteiger partial charge in [-0.1, -0.05) is 25.1 Å². The van der Waals surface area contributed by atoms with Gasteiger partial charge in [0, 0.05) is 12.6 Å². The zero-order chi connectivity index (χ0) is 20.6. The number of methoxy groups -OCH3 is 1. The molecule has 0 bridgehead atoms. The van der Waals surface area contributed by atoms with Crippen molar-refractivity contribution in [3.8, 4) is 17.2 Å². The van der Waals surface area contributed by atoms with Gasteiger partial charge in [-0.05, 0) is 43.2 Å². The minimum absolute atomic E-state index is 0. The van der Waals surface area contributed by atoms with Gasteiger partial charge < -0.3 is 19.5 Å². The predicted molar refractivity (Wildman–Crippen MR) is 116 cm³/mol. The van der Waals surface area contributed by atoms with Crippen molar-refractivity contribution in [2.75, 3.05) is 26.9 Å². The molecule has 0 aliphatic carbocycles. The average Bonchev–Trinajstić information content (AvgIpc) is 2.68. The number of nitrogens with one attached hydrogen (secondary N) is 1. The molecule has 9 heteroatoms. The highest BCUT2D eigenvalue weighted by molar-refractivity contribution is 7.89. The Morgan fingerprint density at radius 2 is 1.69 bits per heavy atom. The molecule has 0 amide bonds. The molecular weight excluding hydrogens is 416 g/mol. The van der Waals surface area contributed by atoms with Gasteiger partial charge in [-0.2, -0.15) is 0 Å². The van der Waals surface area contributed by atoms with Crippen molar-refractivity contribution in [3.63, 3.8) is 0 Å². The van der Waals surface area contributed by atoms with E-state index in [9.17, 15) is 8.42 Å². The van der Waals surface area contributed by atoms with Crippen LogP contribution in [0, 0.1) is 0 Å². The fraction of sp³-hybridized carbons (Fsp3) is 0.400. The van der Waals surface area contributed by atoms with Gasteiger partial charge >= 0.3 is 0 Å². The molecule has 0 heterocycles. The van der Waals surface area contributed by atoms with Gasteiger partial charge in [-0.25, -0.2) is 13.6 Å². The summed E-state index contributed by atoms with van der Waals surface area (Å²) in [7, 11) is -2.46. The normalized spacial score (nSPS) is 12.0. The predicted octanol–water partition coefficient (Wildman–Crippen LogP) is 3.28. The summed E-state index contributed by atoms with van der Waals surface area (Å²) in [5.74, 6) is 1.64. The molecule has 0 unspecified atom stereocenters. The molecule has 3 N–H and O–H groups in total. The van der Waals surface area contributed by atoms with E-state index in [4.69, 9.17) is 19.3 Å². The van der Waals surface area contributed by atoms with Crippen LogP contribution in [0.15, 0.2) is 47.4 Å². The summed E-state index contributed by atoms with van der Waals surface area (Å²) in [5.41, 5.74) is 0.821. The second-order valence-corrected chi connectivity index (χ2v) is 7.63. The first kappa shape index (κ1) is 25.0. The molecule has 7 nitrogen and oxygen atoms in total. The summed E-state index contributed by atoms with van der Waals surface area (Å²) in [6, 6.07) is 12.5. The van der Waals surface area contributed by atoms with Crippen LogP contribution in [0.5, 0.6) is 17.2 Å². The first-order chi connectivity index (χ1) is 13.4. The Balaban J connectivity index is 0.00000420. The zero-order valence-corrected chi connectivity index (χ0v) is 18.5. The lowest BCUT2D eigenvalue weighted by molar-refractivity contribution is 0.271. The van der Waals surface area contributed by atoms with Crippen molar-refractivity contribution < 1.29 is 22.6 Å². The van der Waals surface area contributed by atoms with Crippen LogP contribution in [0.2, 0.25) is 0 Å². The Hall–Kier alpha value is -2.00. The Morgan fingerprint density at radius 3 is 2.24 bits per heavy atom. The summed E-state index contributed by atoms with van der Waals surface area (Å²) in [5, 5.41) is 8.69. The van der Waals surface area contributed by atoms with Crippen molar-refractivity contribution in [3.05, 3.63) is 48.0 Å². The molecule has 1 atom stereocenters. The van der Waals surface area contributed by atoms with Crippen LogP contribution in [0.3, 0.4) is 0 Å². The number of nitrogens with two attached hydrogens (primary N) is 1. The van der Waals surface area contributed by atoms with Crippen molar-refractivity contribution in [1.29, 1.82) is 0 Å². The van der Waals surface area contributed by atoms with Crippen LogP contribution >= 0.6 is 12.4 Å². The van der Waals surface area contributed by atoms with Crippen LogP contribution < -0.4 is 24.7 Å². The molecule has 0 aliphatic rings. The number of rotatable bonds is 11. The number of hydrogen-bond acceptors (Lipinski definition) is 6. The van der Waals surface area contributed by atoms with Gasteiger partial charge in [0.25, 0.3) is 0 Å². The Labute approximate surface area is 179 Å². The van der Waals surface area contributed by atoms with Gasteiger partial charge in [-0.3, -0.25) is 0 Å². The van der Waals surface area contributed by atoms with Crippen molar-refractivity contribution in [2.45, 2.75) is 31.2 Å². The molecule has 2 aromatic carbocycles. The largest absolute Gasteiger partial charge is 0.495 e. The summed E-state index contributed by atoms with van der Waals surface area (Å²) in [6.07, 6.45) is 0.770. The molecule has 0 spiro atoms. The summed E-state index contributed by atoms with van der Waals surface area (Å²) in [6.45, 7) is 5.54. The summed E-state index contributed by atoms with van der Waals surface area (Å²) < 4.78 is 40.1. The first-order valence-corrected chi connectivity index (χ1v) is 10.7. The third-order valence-corrected chi connectivity index (χ3v) is 5.14. The molecule has 0 aliphatic heterocycles. The van der Waals surface area contributed by atoms with Crippen LogP contribution in [-0.4, -0.2) is 35.3 Å². The fourth-order valence-corrected chi connectivity index (χ4v) is 3.60. The highest BCUT2D eigenvalue weighted by Gasteiger charge is 2.18. The second kappa shape index (κ2) is 11.9. The lowest BCUT2D eigenvalue weighted by Gasteiger charge is -2.19. The van der Waals surface area contributed by atoms with Crippen LogP contribution in [-0.2, 0) is 10.0 Å². The van der Waals surface area contributed by atoms with Gasteiger partial charge in [0.15, 0.2) is 11.5 Å². The second-order valence-electron chi connectivity index (χ2n) is 6.10. The molecule has 29 heavy (non-hydrogen) atoms. The monoisotopic (exact) mass is 444 g/mol. The van der Waals surface area contributed by atoms with Gasteiger partial charge in [-0.15, -0.1) is 12.4 Å². The summed E-state index contributed by atoms with van der Waals surface area (Å²) >= 11 is 0. The number of sulfonamides is 1. The molecule has 0 fully saturated rings. The lowest BCUT2D eigenvalue weighted by Crippen LogP contribution is -2.26. The number of halogens is 1. The van der Waals surface area contributed by atoms with Crippen molar-refractivity contribution >= 4 is 22.4 Å². The highest BCUT2D eigenvalue weighted by Crippen LogP contribution is 2.28.